The van der Waals surface area contributed by atoms with Crippen molar-refractivity contribution in [3.8, 4) is 5.75 Å². The van der Waals surface area contributed by atoms with Gasteiger partial charge in [0.2, 0.25) is 0 Å². The molecule has 0 saturated carbocycles. The largest absolute Gasteiger partial charge is 0.492 e. The van der Waals surface area contributed by atoms with E-state index in [0.717, 1.165) is 26.1 Å². The minimum absolute atomic E-state index is 0.268. The lowest BCUT2D eigenvalue weighted by atomic mass is 10.1. The lowest BCUT2D eigenvalue weighted by Crippen LogP contribution is -2.42. The van der Waals surface area contributed by atoms with Crippen molar-refractivity contribution >= 4 is 23.2 Å². The quantitative estimate of drug-likeness (QED) is 0.601. The molecule has 0 aliphatic carbocycles. The van der Waals surface area contributed by atoms with Crippen LogP contribution >= 0.6 is 12.2 Å². The maximum atomic E-state index is 12.6. The second kappa shape index (κ2) is 12.1. The number of amides is 1. The van der Waals surface area contributed by atoms with E-state index in [0.29, 0.717) is 29.6 Å². The van der Waals surface area contributed by atoms with Crippen LogP contribution in [0.5, 0.6) is 5.75 Å². The lowest BCUT2D eigenvalue weighted by Gasteiger charge is -2.19. The van der Waals surface area contributed by atoms with Crippen LogP contribution in [0.4, 0.5) is 0 Å². The molecule has 6 heteroatoms. The highest BCUT2D eigenvalue weighted by Gasteiger charge is 2.13. The highest BCUT2D eigenvalue weighted by atomic mass is 32.1. The number of thiocarbonyl (C=S) groups is 1. The summed E-state index contributed by atoms with van der Waals surface area (Å²) in [5.74, 6) is 0.289. The van der Waals surface area contributed by atoms with Gasteiger partial charge in [-0.1, -0.05) is 56.3 Å². The molecular formula is C22H29N3O2S. The van der Waals surface area contributed by atoms with Crippen LogP contribution in [-0.4, -0.2) is 48.7 Å². The number of benzene rings is 2. The number of likely N-dealkylation sites (N-methyl/N-ethyl adjacent to an activating group) is 1. The Labute approximate surface area is 173 Å². The van der Waals surface area contributed by atoms with Gasteiger partial charge in [0.05, 0.1) is 12.2 Å². The van der Waals surface area contributed by atoms with E-state index >= 15 is 0 Å². The molecule has 1 amide bonds. The van der Waals surface area contributed by atoms with Crippen LogP contribution in [0.15, 0.2) is 54.6 Å². The standard InChI is InChI=1S/C22H29N3O2S/c1-3-25(4-2)16-15-23-22(28)24-21(26)19-12-8-9-13-20(19)27-17-14-18-10-6-5-7-11-18/h5-13H,3-4,14-17H2,1-2H3,(H2,23,24,26,28). The second-order valence-electron chi connectivity index (χ2n) is 6.32. The fraction of sp³-hybridized carbons (Fsp3) is 0.364. The molecule has 2 N–H and O–H groups in total. The molecule has 0 bridgehead atoms. The van der Waals surface area contributed by atoms with Crippen molar-refractivity contribution in [1.29, 1.82) is 0 Å². The summed E-state index contributed by atoms with van der Waals surface area (Å²) < 4.78 is 5.85. The molecule has 0 saturated heterocycles. The molecule has 2 rings (SSSR count). The van der Waals surface area contributed by atoms with Gasteiger partial charge in [-0.3, -0.25) is 10.1 Å². The predicted molar refractivity (Wildman–Crippen MR) is 118 cm³/mol. The van der Waals surface area contributed by atoms with E-state index in [1.807, 2.05) is 30.3 Å². The fourth-order valence-electron chi connectivity index (χ4n) is 2.79. The first kappa shape index (κ1) is 21.9. The zero-order chi connectivity index (χ0) is 20.2. The van der Waals surface area contributed by atoms with E-state index in [1.165, 1.54) is 5.56 Å². The molecule has 0 fully saturated rings. The predicted octanol–water partition coefficient (Wildman–Crippen LogP) is 3.25. The topological polar surface area (TPSA) is 53.6 Å². The average molecular weight is 400 g/mol. The van der Waals surface area contributed by atoms with Gasteiger partial charge in [0.25, 0.3) is 5.91 Å². The minimum Gasteiger partial charge on any atom is -0.492 e. The monoisotopic (exact) mass is 399 g/mol. The van der Waals surface area contributed by atoms with E-state index in [1.54, 1.807) is 12.1 Å². The van der Waals surface area contributed by atoms with Crippen LogP contribution in [0.2, 0.25) is 0 Å². The SMILES string of the molecule is CCN(CC)CCNC(=S)NC(=O)c1ccccc1OCCc1ccccc1. The zero-order valence-corrected chi connectivity index (χ0v) is 17.4. The summed E-state index contributed by atoms with van der Waals surface area (Å²) in [5.41, 5.74) is 1.67. The Hall–Kier alpha value is -2.44. The number of hydrogen-bond donors (Lipinski definition) is 2. The number of ether oxygens (including phenoxy) is 1. The summed E-state index contributed by atoms with van der Waals surface area (Å²) in [4.78, 5) is 14.9. The smallest absolute Gasteiger partial charge is 0.261 e. The van der Waals surface area contributed by atoms with Crippen LogP contribution in [0, 0.1) is 0 Å². The van der Waals surface area contributed by atoms with E-state index < -0.39 is 0 Å². The van der Waals surface area contributed by atoms with E-state index in [4.69, 9.17) is 17.0 Å². The molecule has 0 aliphatic heterocycles. The van der Waals surface area contributed by atoms with Gasteiger partial charge in [-0.05, 0) is 43.0 Å². The van der Waals surface area contributed by atoms with Crippen LogP contribution in [0.1, 0.15) is 29.8 Å². The molecule has 2 aromatic rings. The Bertz CT molecular complexity index is 748. The van der Waals surface area contributed by atoms with E-state index in [9.17, 15) is 4.79 Å². The molecule has 0 unspecified atom stereocenters. The number of para-hydroxylation sites is 1. The minimum atomic E-state index is -0.268. The van der Waals surface area contributed by atoms with Gasteiger partial charge < -0.3 is 15.0 Å². The number of hydrogen-bond acceptors (Lipinski definition) is 4. The van der Waals surface area contributed by atoms with E-state index in [-0.39, 0.29) is 5.91 Å². The van der Waals surface area contributed by atoms with Crippen LogP contribution in [-0.2, 0) is 6.42 Å². The van der Waals surface area contributed by atoms with E-state index in [2.05, 4.69) is 41.5 Å². The molecule has 0 radical (unpaired) electrons. The summed E-state index contributed by atoms with van der Waals surface area (Å²) in [6.45, 7) is 8.30. The van der Waals surface area contributed by atoms with Gasteiger partial charge >= 0.3 is 0 Å². The third-order valence-electron chi connectivity index (χ3n) is 4.46. The van der Waals surface area contributed by atoms with Crippen molar-refractivity contribution in [1.82, 2.24) is 15.5 Å². The Morgan fingerprint density at radius 1 is 1.04 bits per heavy atom. The number of carbonyl (C=O) groups is 1. The molecule has 2 aromatic carbocycles. The number of nitrogens with one attached hydrogen (secondary N) is 2. The summed E-state index contributed by atoms with van der Waals surface area (Å²) in [7, 11) is 0. The molecular weight excluding hydrogens is 370 g/mol. The van der Waals surface area contributed by atoms with Gasteiger partial charge in [0.15, 0.2) is 5.11 Å². The molecule has 150 valence electrons. The van der Waals surface area contributed by atoms with Gasteiger partial charge in [0.1, 0.15) is 5.75 Å². The number of rotatable bonds is 10. The molecule has 0 aromatic heterocycles. The van der Waals surface area contributed by atoms with Gasteiger partial charge in [-0.15, -0.1) is 0 Å². The van der Waals surface area contributed by atoms with Crippen molar-refractivity contribution < 1.29 is 9.53 Å². The van der Waals surface area contributed by atoms with Crippen molar-refractivity contribution in [2.24, 2.45) is 0 Å². The summed E-state index contributed by atoms with van der Waals surface area (Å²) in [6, 6.07) is 17.3. The Kier molecular flexibility index (Phi) is 9.45. The number of nitrogens with zero attached hydrogens (tertiary/aromatic N) is 1. The van der Waals surface area contributed by atoms with Crippen LogP contribution < -0.4 is 15.4 Å². The average Bonchev–Trinajstić information content (AvgIpc) is 2.72. The Balaban J connectivity index is 1.84. The molecule has 28 heavy (non-hydrogen) atoms. The Morgan fingerprint density at radius 3 is 2.43 bits per heavy atom. The van der Waals surface area contributed by atoms with Crippen LogP contribution in [0.25, 0.3) is 0 Å². The summed E-state index contributed by atoms with van der Waals surface area (Å²) in [6.07, 6.45) is 0.780. The van der Waals surface area contributed by atoms with Gasteiger partial charge in [-0.25, -0.2) is 0 Å². The third kappa shape index (κ3) is 7.29. The first-order valence-corrected chi connectivity index (χ1v) is 10.1. The van der Waals surface area contributed by atoms with Gasteiger partial charge in [-0.2, -0.15) is 0 Å². The Morgan fingerprint density at radius 2 is 1.71 bits per heavy atom. The summed E-state index contributed by atoms with van der Waals surface area (Å²) in [5, 5.41) is 6.15. The van der Waals surface area contributed by atoms with Crippen molar-refractivity contribution in [3.63, 3.8) is 0 Å². The molecule has 0 aliphatic rings. The third-order valence-corrected chi connectivity index (χ3v) is 4.70. The second-order valence-corrected chi connectivity index (χ2v) is 6.73. The highest BCUT2D eigenvalue weighted by molar-refractivity contribution is 7.80. The van der Waals surface area contributed by atoms with Crippen LogP contribution in [0.3, 0.4) is 0 Å². The van der Waals surface area contributed by atoms with Crippen molar-refractivity contribution in [2.45, 2.75) is 20.3 Å². The first-order chi connectivity index (χ1) is 13.6. The van der Waals surface area contributed by atoms with Gasteiger partial charge in [0, 0.05) is 19.5 Å². The number of carbonyl (C=O) groups excluding carboxylic acids is 1. The zero-order valence-electron chi connectivity index (χ0n) is 16.6. The van der Waals surface area contributed by atoms with Crippen molar-refractivity contribution in [2.75, 3.05) is 32.8 Å². The molecule has 0 atom stereocenters. The fourth-order valence-corrected chi connectivity index (χ4v) is 2.98. The van der Waals surface area contributed by atoms with Crippen molar-refractivity contribution in [3.05, 3.63) is 65.7 Å². The maximum absolute atomic E-state index is 12.6. The molecule has 5 nitrogen and oxygen atoms in total. The lowest BCUT2D eigenvalue weighted by molar-refractivity contribution is 0.0972. The molecule has 0 spiro atoms. The maximum Gasteiger partial charge on any atom is 0.261 e. The normalized spacial score (nSPS) is 10.5. The highest BCUT2D eigenvalue weighted by Crippen LogP contribution is 2.18. The first-order valence-electron chi connectivity index (χ1n) is 9.71. The molecule has 0 heterocycles. The summed E-state index contributed by atoms with van der Waals surface area (Å²) >= 11 is 5.25.